The van der Waals surface area contributed by atoms with Crippen molar-refractivity contribution < 1.29 is 19.4 Å². The fourth-order valence-corrected chi connectivity index (χ4v) is 3.80. The average Bonchev–Trinajstić information content (AvgIpc) is 2.59. The molecule has 0 bridgehead atoms. The molecular formula is C18H22ClNO4. The zero-order valence-electron chi connectivity index (χ0n) is 13.5. The van der Waals surface area contributed by atoms with Crippen molar-refractivity contribution in [2.75, 3.05) is 19.7 Å². The summed E-state index contributed by atoms with van der Waals surface area (Å²) in [5, 5.41) is 9.48. The quantitative estimate of drug-likeness (QED) is 0.905. The minimum Gasteiger partial charge on any atom is -0.492 e. The van der Waals surface area contributed by atoms with Crippen LogP contribution in [0.15, 0.2) is 18.2 Å². The number of carboxylic acid groups (broad SMARTS) is 1. The van der Waals surface area contributed by atoms with E-state index in [-0.39, 0.29) is 24.2 Å². The molecule has 1 N–H and O–H groups in total. The van der Waals surface area contributed by atoms with E-state index in [0.29, 0.717) is 31.0 Å². The first-order valence-electron chi connectivity index (χ1n) is 8.44. The second-order valence-electron chi connectivity index (χ2n) is 6.69. The van der Waals surface area contributed by atoms with Crippen molar-refractivity contribution in [3.63, 3.8) is 0 Å². The maximum atomic E-state index is 12.8. The third-order valence-electron chi connectivity index (χ3n) is 4.88. The number of amides is 1. The first-order valence-corrected chi connectivity index (χ1v) is 8.82. The molecule has 2 atom stereocenters. The number of aliphatic carboxylic acids is 1. The van der Waals surface area contributed by atoms with Gasteiger partial charge < -0.3 is 14.7 Å². The Hall–Kier alpha value is -1.75. The van der Waals surface area contributed by atoms with Gasteiger partial charge in [0.2, 0.25) is 5.91 Å². The summed E-state index contributed by atoms with van der Waals surface area (Å²) in [7, 11) is 0. The number of carbonyl (C=O) groups is 2. The van der Waals surface area contributed by atoms with Crippen LogP contribution in [0.5, 0.6) is 5.75 Å². The molecule has 0 spiro atoms. The highest BCUT2D eigenvalue weighted by molar-refractivity contribution is 6.30. The van der Waals surface area contributed by atoms with Crippen molar-refractivity contribution in [3.05, 3.63) is 28.8 Å². The monoisotopic (exact) mass is 351 g/mol. The van der Waals surface area contributed by atoms with E-state index in [2.05, 4.69) is 0 Å². The van der Waals surface area contributed by atoms with E-state index in [4.69, 9.17) is 21.4 Å². The molecule has 1 fully saturated rings. The number of piperidine rings is 1. The van der Waals surface area contributed by atoms with Crippen LogP contribution in [0.25, 0.3) is 0 Å². The molecule has 1 saturated heterocycles. The van der Waals surface area contributed by atoms with Crippen LogP contribution in [-0.2, 0) is 16.0 Å². The lowest BCUT2D eigenvalue weighted by Gasteiger charge is -2.36. The highest BCUT2D eigenvalue weighted by Crippen LogP contribution is 2.31. The Morgan fingerprint density at radius 2 is 2.21 bits per heavy atom. The predicted octanol–water partition coefficient (Wildman–Crippen LogP) is 2.99. The molecule has 1 amide bonds. The van der Waals surface area contributed by atoms with E-state index in [1.54, 1.807) is 6.07 Å². The van der Waals surface area contributed by atoms with E-state index in [9.17, 15) is 9.59 Å². The second-order valence-corrected chi connectivity index (χ2v) is 7.13. The number of carboxylic acids is 1. The number of hydrogen-bond donors (Lipinski definition) is 1. The lowest BCUT2D eigenvalue weighted by molar-refractivity contribution is -0.139. The van der Waals surface area contributed by atoms with Gasteiger partial charge >= 0.3 is 5.97 Å². The van der Waals surface area contributed by atoms with Crippen molar-refractivity contribution >= 4 is 23.5 Å². The summed E-state index contributed by atoms with van der Waals surface area (Å²) in [6, 6.07) is 5.50. The van der Waals surface area contributed by atoms with Crippen molar-refractivity contribution in [3.8, 4) is 5.75 Å². The number of ether oxygens (including phenoxy) is 1. The third kappa shape index (κ3) is 4.01. The van der Waals surface area contributed by atoms with Crippen molar-refractivity contribution in [1.29, 1.82) is 0 Å². The number of fused-ring (bicyclic) bond motifs is 1. The molecule has 6 heteroatoms. The van der Waals surface area contributed by atoms with Crippen LogP contribution < -0.4 is 4.74 Å². The standard InChI is InChI=1S/C18H22ClNO4/c19-15-4-5-16-13(9-15)8-14(11-24-16)18(23)20-7-1-2-12(10-20)3-6-17(21)22/h4-5,9,12,14H,1-3,6-8,10-11H2,(H,21,22)/t12-,14-/m1/s1. The zero-order valence-corrected chi connectivity index (χ0v) is 14.3. The molecule has 2 heterocycles. The van der Waals surface area contributed by atoms with Gasteiger partial charge in [0.05, 0.1) is 5.92 Å². The van der Waals surface area contributed by atoms with Crippen LogP contribution in [-0.4, -0.2) is 41.6 Å². The Kier molecular flexibility index (Phi) is 5.29. The molecule has 5 nitrogen and oxygen atoms in total. The van der Waals surface area contributed by atoms with E-state index < -0.39 is 5.97 Å². The Morgan fingerprint density at radius 1 is 1.38 bits per heavy atom. The first kappa shape index (κ1) is 17.1. The van der Waals surface area contributed by atoms with E-state index >= 15 is 0 Å². The number of hydrogen-bond acceptors (Lipinski definition) is 3. The first-order chi connectivity index (χ1) is 11.5. The molecule has 1 aromatic rings. The molecule has 0 aliphatic carbocycles. The molecule has 2 aliphatic heterocycles. The molecular weight excluding hydrogens is 330 g/mol. The van der Waals surface area contributed by atoms with Gasteiger partial charge in [0.15, 0.2) is 0 Å². The Morgan fingerprint density at radius 3 is 3.00 bits per heavy atom. The predicted molar refractivity (Wildman–Crippen MR) is 90.3 cm³/mol. The summed E-state index contributed by atoms with van der Waals surface area (Å²) < 4.78 is 5.72. The van der Waals surface area contributed by atoms with Crippen molar-refractivity contribution in [1.82, 2.24) is 4.90 Å². The lowest BCUT2D eigenvalue weighted by Crippen LogP contribution is -2.45. The highest BCUT2D eigenvalue weighted by atomic mass is 35.5. The molecule has 130 valence electrons. The smallest absolute Gasteiger partial charge is 0.303 e. The molecule has 2 aliphatic rings. The average molecular weight is 352 g/mol. The maximum Gasteiger partial charge on any atom is 0.303 e. The maximum absolute atomic E-state index is 12.8. The number of rotatable bonds is 4. The van der Waals surface area contributed by atoms with Gasteiger partial charge in [0.1, 0.15) is 12.4 Å². The SMILES string of the molecule is O=C(O)CC[C@H]1CCCN(C(=O)[C@H]2COc3ccc(Cl)cc3C2)C1. The third-order valence-corrected chi connectivity index (χ3v) is 5.11. The summed E-state index contributed by atoms with van der Waals surface area (Å²) in [5.74, 6) is 0.244. The van der Waals surface area contributed by atoms with Crippen LogP contribution in [0.2, 0.25) is 5.02 Å². The van der Waals surface area contributed by atoms with E-state index in [0.717, 1.165) is 30.7 Å². The topological polar surface area (TPSA) is 66.8 Å². The summed E-state index contributed by atoms with van der Waals surface area (Å²) in [6.07, 6.45) is 3.39. The fourth-order valence-electron chi connectivity index (χ4n) is 3.61. The minimum atomic E-state index is -0.771. The van der Waals surface area contributed by atoms with Gasteiger partial charge in [-0.05, 0) is 55.4 Å². The molecule has 0 radical (unpaired) electrons. The largest absolute Gasteiger partial charge is 0.492 e. The number of carbonyl (C=O) groups excluding carboxylic acids is 1. The van der Waals surface area contributed by atoms with Crippen molar-refractivity contribution in [2.24, 2.45) is 11.8 Å². The Balaban J connectivity index is 1.61. The Labute approximate surface area is 146 Å². The van der Waals surface area contributed by atoms with Gasteiger partial charge in [-0.15, -0.1) is 0 Å². The van der Waals surface area contributed by atoms with Crippen LogP contribution >= 0.6 is 11.6 Å². The molecule has 0 saturated carbocycles. The summed E-state index contributed by atoms with van der Waals surface area (Å²) in [5.41, 5.74) is 0.978. The summed E-state index contributed by atoms with van der Waals surface area (Å²) in [6.45, 7) is 1.80. The van der Waals surface area contributed by atoms with E-state index in [1.807, 2.05) is 17.0 Å². The normalized spacial score (nSPS) is 23.3. The molecule has 0 aromatic heterocycles. The number of likely N-dealkylation sites (tertiary alicyclic amines) is 1. The Bertz CT molecular complexity index is 633. The molecule has 0 unspecified atom stereocenters. The van der Waals surface area contributed by atoms with E-state index in [1.165, 1.54) is 0 Å². The zero-order chi connectivity index (χ0) is 17.1. The van der Waals surface area contributed by atoms with Crippen molar-refractivity contribution in [2.45, 2.75) is 32.1 Å². The van der Waals surface area contributed by atoms with Gasteiger partial charge in [0.25, 0.3) is 0 Å². The van der Waals surface area contributed by atoms with Gasteiger partial charge in [0, 0.05) is 24.5 Å². The lowest BCUT2D eigenvalue weighted by atomic mass is 9.90. The van der Waals surface area contributed by atoms with Gasteiger partial charge in [-0.2, -0.15) is 0 Å². The van der Waals surface area contributed by atoms with Crippen LogP contribution in [0.1, 0.15) is 31.2 Å². The molecule has 24 heavy (non-hydrogen) atoms. The highest BCUT2D eigenvalue weighted by Gasteiger charge is 2.32. The van der Waals surface area contributed by atoms with Gasteiger partial charge in [-0.1, -0.05) is 11.6 Å². The van der Waals surface area contributed by atoms with Crippen LogP contribution in [0.3, 0.4) is 0 Å². The molecule has 1 aromatic carbocycles. The van der Waals surface area contributed by atoms with Gasteiger partial charge in [-0.25, -0.2) is 0 Å². The minimum absolute atomic E-state index is 0.112. The molecule has 3 rings (SSSR count). The van der Waals surface area contributed by atoms with Crippen LogP contribution in [0, 0.1) is 11.8 Å². The number of halogens is 1. The van der Waals surface area contributed by atoms with Gasteiger partial charge in [-0.3, -0.25) is 9.59 Å². The summed E-state index contributed by atoms with van der Waals surface area (Å²) >= 11 is 6.03. The summed E-state index contributed by atoms with van der Waals surface area (Å²) in [4.78, 5) is 25.5. The fraction of sp³-hybridized carbons (Fsp3) is 0.556. The number of benzene rings is 1. The number of nitrogens with zero attached hydrogens (tertiary/aromatic N) is 1. The van der Waals surface area contributed by atoms with Crippen LogP contribution in [0.4, 0.5) is 0 Å². The second kappa shape index (κ2) is 7.43.